The molecule has 0 radical (unpaired) electrons. The summed E-state index contributed by atoms with van der Waals surface area (Å²) in [6, 6.07) is 15.9. The number of hydrogen-bond donors (Lipinski definition) is 0. The van der Waals surface area contributed by atoms with Gasteiger partial charge in [0.1, 0.15) is 0 Å². The molecule has 3 aromatic carbocycles. The smallest absolute Gasteiger partial charge is 0.264 e. The lowest BCUT2D eigenvalue weighted by Gasteiger charge is -2.29. The molecule has 0 aliphatic rings. The van der Waals surface area contributed by atoms with Crippen LogP contribution >= 0.6 is 23.2 Å². The molecule has 0 N–H and O–H groups in total. The number of hydrogen-bond acceptors (Lipinski definition) is 4. The SMILES string of the molecule is Cc1c(Cl)c(N(C)S(=O)(=O)c2ccccc2)c(C)c(Cl)c1N(C)S(=O)(=O)c1ccccc1. The topological polar surface area (TPSA) is 74.8 Å². The first-order chi connectivity index (χ1) is 14.9. The zero-order valence-corrected chi connectivity index (χ0v) is 21.0. The second-order valence-corrected chi connectivity index (χ2v) is 11.8. The Morgan fingerprint density at radius 2 is 0.875 bits per heavy atom. The predicted octanol–water partition coefficient (Wildman–Crippen LogP) is 5.26. The molecule has 170 valence electrons. The average molecular weight is 513 g/mol. The van der Waals surface area contributed by atoms with Crippen LogP contribution in [0.25, 0.3) is 0 Å². The molecule has 0 aliphatic heterocycles. The molecule has 10 heteroatoms. The van der Waals surface area contributed by atoms with Crippen LogP contribution in [0.4, 0.5) is 11.4 Å². The maximum Gasteiger partial charge on any atom is 0.264 e. The van der Waals surface area contributed by atoms with E-state index in [1.165, 1.54) is 38.4 Å². The summed E-state index contributed by atoms with van der Waals surface area (Å²) in [5.41, 5.74) is 1.06. The lowest BCUT2D eigenvalue weighted by atomic mass is 10.1. The highest BCUT2D eigenvalue weighted by molar-refractivity contribution is 7.93. The number of nitrogens with zero attached hydrogens (tertiary/aromatic N) is 2. The average Bonchev–Trinajstić information content (AvgIpc) is 2.79. The first-order valence-electron chi connectivity index (χ1n) is 9.48. The molecule has 0 atom stereocenters. The third-order valence-corrected chi connectivity index (χ3v) is 9.69. The molecule has 0 bridgehead atoms. The Balaban J connectivity index is 2.17. The first kappa shape index (κ1) is 24.4. The molecular formula is C22H22Cl2N2O4S2. The Morgan fingerprint density at radius 3 is 1.16 bits per heavy atom. The van der Waals surface area contributed by atoms with Crippen LogP contribution < -0.4 is 8.61 Å². The highest BCUT2D eigenvalue weighted by atomic mass is 35.5. The predicted molar refractivity (Wildman–Crippen MR) is 130 cm³/mol. The van der Waals surface area contributed by atoms with Crippen LogP contribution in [0.3, 0.4) is 0 Å². The molecular weight excluding hydrogens is 491 g/mol. The summed E-state index contributed by atoms with van der Waals surface area (Å²) < 4.78 is 54.7. The van der Waals surface area contributed by atoms with Crippen LogP contribution in [0.5, 0.6) is 0 Å². The molecule has 3 aromatic rings. The van der Waals surface area contributed by atoms with E-state index in [4.69, 9.17) is 23.2 Å². The lowest BCUT2D eigenvalue weighted by Crippen LogP contribution is -2.30. The van der Waals surface area contributed by atoms with Gasteiger partial charge >= 0.3 is 0 Å². The maximum atomic E-state index is 13.1. The van der Waals surface area contributed by atoms with E-state index in [0.29, 0.717) is 11.1 Å². The van der Waals surface area contributed by atoms with Crippen LogP contribution in [-0.4, -0.2) is 30.9 Å². The Kier molecular flexibility index (Phi) is 6.81. The largest absolute Gasteiger partial charge is 0.268 e. The van der Waals surface area contributed by atoms with Gasteiger partial charge in [-0.1, -0.05) is 59.6 Å². The molecule has 0 saturated carbocycles. The van der Waals surface area contributed by atoms with Crippen molar-refractivity contribution in [3.8, 4) is 0 Å². The van der Waals surface area contributed by atoms with Gasteiger partial charge in [0.25, 0.3) is 20.0 Å². The monoisotopic (exact) mass is 512 g/mol. The highest BCUT2D eigenvalue weighted by Crippen LogP contribution is 2.46. The van der Waals surface area contributed by atoms with E-state index >= 15 is 0 Å². The summed E-state index contributed by atoms with van der Waals surface area (Å²) in [6.45, 7) is 3.21. The van der Waals surface area contributed by atoms with Crippen molar-refractivity contribution in [2.45, 2.75) is 23.6 Å². The molecule has 0 saturated heterocycles. The van der Waals surface area contributed by atoms with Crippen molar-refractivity contribution < 1.29 is 16.8 Å². The van der Waals surface area contributed by atoms with E-state index < -0.39 is 20.0 Å². The Bertz CT molecular complexity index is 1230. The number of benzene rings is 3. The highest BCUT2D eigenvalue weighted by Gasteiger charge is 2.31. The fourth-order valence-corrected chi connectivity index (χ4v) is 6.77. The summed E-state index contributed by atoms with van der Waals surface area (Å²) in [4.78, 5) is 0.194. The zero-order valence-electron chi connectivity index (χ0n) is 17.9. The fraction of sp³-hybridized carbons (Fsp3) is 0.182. The van der Waals surface area contributed by atoms with Crippen LogP contribution in [0.15, 0.2) is 70.5 Å². The Morgan fingerprint density at radius 1 is 0.594 bits per heavy atom. The summed E-state index contributed by atoms with van der Waals surface area (Å²) >= 11 is 13.2. The normalized spacial score (nSPS) is 11.9. The van der Waals surface area contributed by atoms with Crippen molar-refractivity contribution in [3.05, 3.63) is 81.8 Å². The van der Waals surface area contributed by atoms with E-state index in [9.17, 15) is 16.8 Å². The van der Waals surface area contributed by atoms with Gasteiger partial charge < -0.3 is 0 Å². The van der Waals surface area contributed by atoms with Gasteiger partial charge in [-0.2, -0.15) is 0 Å². The molecule has 0 spiro atoms. The van der Waals surface area contributed by atoms with Gasteiger partial charge in [0.15, 0.2) is 0 Å². The lowest BCUT2D eigenvalue weighted by molar-refractivity contribution is 0.592. The van der Waals surface area contributed by atoms with Gasteiger partial charge in [-0.15, -0.1) is 0 Å². The van der Waals surface area contributed by atoms with Gasteiger partial charge in [-0.25, -0.2) is 16.8 Å². The molecule has 3 rings (SSSR count). The van der Waals surface area contributed by atoms with E-state index in [2.05, 4.69) is 0 Å². The van der Waals surface area contributed by atoms with Crippen LogP contribution in [0.2, 0.25) is 10.0 Å². The minimum Gasteiger partial charge on any atom is -0.268 e. The molecule has 0 unspecified atom stereocenters. The molecule has 0 amide bonds. The summed E-state index contributed by atoms with van der Waals surface area (Å²) in [7, 11) is -5.06. The van der Waals surface area contributed by atoms with Crippen molar-refractivity contribution in [3.63, 3.8) is 0 Å². The molecule has 0 heterocycles. The number of rotatable bonds is 6. The van der Waals surface area contributed by atoms with Gasteiger partial charge in [-0.05, 0) is 49.2 Å². The molecule has 32 heavy (non-hydrogen) atoms. The van der Waals surface area contributed by atoms with Crippen molar-refractivity contribution in [2.24, 2.45) is 0 Å². The first-order valence-corrected chi connectivity index (χ1v) is 13.1. The third kappa shape index (κ3) is 4.08. The second-order valence-electron chi connectivity index (χ2n) is 7.15. The van der Waals surface area contributed by atoms with Crippen LogP contribution in [-0.2, 0) is 20.0 Å². The Labute approximate surface area is 199 Å². The minimum absolute atomic E-state index is 0.0963. The van der Waals surface area contributed by atoms with Gasteiger partial charge in [0, 0.05) is 14.1 Å². The van der Waals surface area contributed by atoms with Crippen LogP contribution in [0, 0.1) is 13.8 Å². The number of anilines is 2. The standard InChI is InChI=1S/C22H22Cl2N2O4S2/c1-15-19(23)22(26(4)32(29,30)18-13-9-6-10-14-18)16(2)20(24)21(15)25(3)31(27,28)17-11-7-5-8-12-17/h5-14H,1-4H3. The zero-order chi connectivity index (χ0) is 23.8. The van der Waals surface area contributed by atoms with Crippen molar-refractivity contribution >= 4 is 54.6 Å². The maximum absolute atomic E-state index is 13.1. The van der Waals surface area contributed by atoms with Crippen molar-refractivity contribution in [1.82, 2.24) is 0 Å². The van der Waals surface area contributed by atoms with Gasteiger partial charge in [0.05, 0.1) is 31.2 Å². The van der Waals surface area contributed by atoms with E-state index in [-0.39, 0.29) is 31.2 Å². The molecule has 6 nitrogen and oxygen atoms in total. The third-order valence-electron chi connectivity index (χ3n) is 5.22. The van der Waals surface area contributed by atoms with Crippen LogP contribution in [0.1, 0.15) is 11.1 Å². The molecule has 0 aliphatic carbocycles. The van der Waals surface area contributed by atoms with Gasteiger partial charge in [-0.3, -0.25) is 8.61 Å². The second kappa shape index (κ2) is 8.94. The molecule has 0 aromatic heterocycles. The van der Waals surface area contributed by atoms with E-state index in [1.807, 2.05) is 0 Å². The molecule has 0 fully saturated rings. The van der Waals surface area contributed by atoms with Gasteiger partial charge in [0.2, 0.25) is 0 Å². The van der Waals surface area contributed by atoms with E-state index in [0.717, 1.165) is 8.61 Å². The minimum atomic E-state index is -3.92. The van der Waals surface area contributed by atoms with Crippen molar-refractivity contribution in [1.29, 1.82) is 0 Å². The Hall–Kier alpha value is -2.26. The fourth-order valence-electron chi connectivity index (χ4n) is 3.38. The summed E-state index contributed by atoms with van der Waals surface area (Å²) in [5, 5.41) is 0.193. The number of halogens is 2. The van der Waals surface area contributed by atoms with Crippen molar-refractivity contribution in [2.75, 3.05) is 22.7 Å². The number of sulfonamides is 2. The summed E-state index contributed by atoms with van der Waals surface area (Å²) in [6.07, 6.45) is 0. The quantitative estimate of drug-likeness (QED) is 0.451. The summed E-state index contributed by atoms with van der Waals surface area (Å²) in [5.74, 6) is 0. The van der Waals surface area contributed by atoms with E-state index in [1.54, 1.807) is 50.2 Å².